The first-order valence-electron chi connectivity index (χ1n) is 6.83. The van der Waals surface area contributed by atoms with Crippen molar-refractivity contribution in [3.63, 3.8) is 0 Å². The lowest BCUT2D eigenvalue weighted by Gasteiger charge is -2.17. The predicted octanol–water partition coefficient (Wildman–Crippen LogP) is 1.84. The molecular formula is C14H12F3N3O5. The molecule has 1 amide bonds. The zero-order valence-electron chi connectivity index (χ0n) is 12.7. The molecule has 0 saturated carbocycles. The van der Waals surface area contributed by atoms with E-state index in [2.05, 4.69) is 9.72 Å². The molecular weight excluding hydrogens is 347 g/mol. The maximum absolute atomic E-state index is 12.4. The molecule has 2 N–H and O–H groups in total. The molecule has 134 valence electrons. The first-order chi connectivity index (χ1) is 11.6. The highest BCUT2D eigenvalue weighted by Crippen LogP contribution is 2.24. The van der Waals surface area contributed by atoms with Gasteiger partial charge >= 0.3 is 18.1 Å². The third-order valence-electron chi connectivity index (χ3n) is 3.43. The lowest BCUT2D eigenvalue weighted by atomic mass is 10.0. The number of nitro benzene ring substituents is 1. The van der Waals surface area contributed by atoms with Crippen LogP contribution >= 0.6 is 0 Å². The fourth-order valence-electron chi connectivity index (χ4n) is 2.25. The van der Waals surface area contributed by atoms with Crippen LogP contribution in [0, 0.1) is 10.1 Å². The molecule has 1 atom stereocenters. The standard InChI is InChI=1S/C14H12F3N3O5/c1-25-12(21)11(19-13(22)14(15,16)17)4-7-6-18-10-5-8(20(23)24)2-3-9(7)10/h2-3,5-6,11,18H,4H2,1H3,(H,19,22)/t11-/m0/s1. The van der Waals surface area contributed by atoms with Gasteiger partial charge in [-0.1, -0.05) is 0 Å². The molecule has 0 saturated heterocycles. The van der Waals surface area contributed by atoms with Crippen LogP contribution in [0.25, 0.3) is 10.9 Å². The maximum atomic E-state index is 12.4. The van der Waals surface area contributed by atoms with Crippen LogP contribution in [0.4, 0.5) is 18.9 Å². The minimum absolute atomic E-state index is 0.171. The molecule has 25 heavy (non-hydrogen) atoms. The summed E-state index contributed by atoms with van der Waals surface area (Å²) >= 11 is 0. The van der Waals surface area contributed by atoms with Crippen LogP contribution < -0.4 is 5.32 Å². The Morgan fingerprint density at radius 1 is 1.40 bits per heavy atom. The van der Waals surface area contributed by atoms with Gasteiger partial charge < -0.3 is 15.0 Å². The number of alkyl halides is 3. The molecule has 1 heterocycles. The van der Waals surface area contributed by atoms with Gasteiger partial charge in [0.2, 0.25) is 0 Å². The minimum atomic E-state index is -5.15. The summed E-state index contributed by atoms with van der Waals surface area (Å²) in [5.41, 5.74) is 0.591. The Bertz CT molecular complexity index is 831. The second-order valence-corrected chi connectivity index (χ2v) is 5.05. The third kappa shape index (κ3) is 4.05. The van der Waals surface area contributed by atoms with Crippen molar-refractivity contribution in [1.82, 2.24) is 10.3 Å². The molecule has 2 rings (SSSR count). The molecule has 0 aliphatic heterocycles. The van der Waals surface area contributed by atoms with E-state index in [4.69, 9.17) is 0 Å². The number of hydrogen-bond acceptors (Lipinski definition) is 5. The van der Waals surface area contributed by atoms with E-state index in [1.165, 1.54) is 24.4 Å². The van der Waals surface area contributed by atoms with E-state index in [-0.39, 0.29) is 12.1 Å². The Labute approximate surface area is 138 Å². The molecule has 1 aromatic heterocycles. The highest BCUT2D eigenvalue weighted by molar-refractivity contribution is 5.89. The van der Waals surface area contributed by atoms with Crippen molar-refractivity contribution in [3.8, 4) is 0 Å². The van der Waals surface area contributed by atoms with Gasteiger partial charge in [0.1, 0.15) is 6.04 Å². The molecule has 1 aromatic carbocycles. The van der Waals surface area contributed by atoms with Crippen molar-refractivity contribution < 1.29 is 32.4 Å². The largest absolute Gasteiger partial charge is 0.471 e. The zero-order chi connectivity index (χ0) is 18.8. The lowest BCUT2D eigenvalue weighted by molar-refractivity contribution is -0.384. The van der Waals surface area contributed by atoms with Crippen molar-refractivity contribution in [2.45, 2.75) is 18.6 Å². The molecule has 8 nitrogen and oxygen atoms in total. The van der Waals surface area contributed by atoms with Crippen molar-refractivity contribution in [3.05, 3.63) is 40.1 Å². The van der Waals surface area contributed by atoms with Crippen molar-refractivity contribution >= 4 is 28.5 Å². The number of esters is 1. The number of H-pyrrole nitrogens is 1. The van der Waals surface area contributed by atoms with Crippen LogP contribution in [0.2, 0.25) is 0 Å². The van der Waals surface area contributed by atoms with E-state index in [0.717, 1.165) is 7.11 Å². The fourth-order valence-corrected chi connectivity index (χ4v) is 2.25. The number of halogens is 3. The summed E-state index contributed by atoms with van der Waals surface area (Å²) in [6.07, 6.45) is -4.04. The summed E-state index contributed by atoms with van der Waals surface area (Å²) in [7, 11) is 0.980. The smallest absolute Gasteiger partial charge is 0.467 e. The Morgan fingerprint density at radius 3 is 2.64 bits per heavy atom. The summed E-state index contributed by atoms with van der Waals surface area (Å²) in [4.78, 5) is 35.6. The van der Waals surface area contributed by atoms with E-state index >= 15 is 0 Å². The molecule has 0 aliphatic rings. The van der Waals surface area contributed by atoms with Crippen molar-refractivity contribution in [1.29, 1.82) is 0 Å². The van der Waals surface area contributed by atoms with Gasteiger partial charge in [-0.15, -0.1) is 0 Å². The Kier molecular flexibility index (Phi) is 4.95. The number of aromatic amines is 1. The summed E-state index contributed by atoms with van der Waals surface area (Å²) in [5, 5.41) is 12.8. The zero-order valence-corrected chi connectivity index (χ0v) is 12.7. The average molecular weight is 359 g/mol. The maximum Gasteiger partial charge on any atom is 0.471 e. The lowest BCUT2D eigenvalue weighted by Crippen LogP contribution is -2.48. The van der Waals surface area contributed by atoms with E-state index in [1.807, 2.05) is 0 Å². The number of aromatic nitrogens is 1. The van der Waals surface area contributed by atoms with Gasteiger partial charge in [0.15, 0.2) is 0 Å². The van der Waals surface area contributed by atoms with Gasteiger partial charge in [0.05, 0.1) is 17.5 Å². The number of benzene rings is 1. The van der Waals surface area contributed by atoms with Crippen LogP contribution in [-0.4, -0.2) is 41.1 Å². The van der Waals surface area contributed by atoms with Gasteiger partial charge in [0.25, 0.3) is 5.69 Å². The second kappa shape index (κ2) is 6.79. The number of carbonyl (C=O) groups excluding carboxylic acids is 2. The number of nitro groups is 1. The molecule has 2 aromatic rings. The van der Waals surface area contributed by atoms with Gasteiger partial charge in [-0.25, -0.2) is 4.79 Å². The topological polar surface area (TPSA) is 114 Å². The van der Waals surface area contributed by atoms with Crippen LogP contribution in [0.1, 0.15) is 5.56 Å². The number of ether oxygens (including phenoxy) is 1. The number of methoxy groups -OCH3 is 1. The van der Waals surface area contributed by atoms with Gasteiger partial charge in [-0.3, -0.25) is 14.9 Å². The number of carbonyl (C=O) groups is 2. The van der Waals surface area contributed by atoms with E-state index < -0.39 is 29.0 Å². The third-order valence-corrected chi connectivity index (χ3v) is 3.43. The first-order valence-corrected chi connectivity index (χ1v) is 6.83. The molecule has 11 heteroatoms. The quantitative estimate of drug-likeness (QED) is 0.480. The number of amides is 1. The monoisotopic (exact) mass is 359 g/mol. The Hall–Kier alpha value is -3.11. The number of fused-ring (bicyclic) bond motifs is 1. The highest BCUT2D eigenvalue weighted by Gasteiger charge is 2.41. The highest BCUT2D eigenvalue weighted by atomic mass is 19.4. The molecule has 0 aliphatic carbocycles. The molecule has 0 spiro atoms. The molecule has 0 bridgehead atoms. The molecule has 0 fully saturated rings. The SMILES string of the molecule is COC(=O)[C@H](Cc1c[nH]c2cc([N+](=O)[O-])ccc12)NC(=O)C(F)(F)F. The number of rotatable bonds is 5. The van der Waals surface area contributed by atoms with Crippen LogP contribution in [0.5, 0.6) is 0 Å². The van der Waals surface area contributed by atoms with Gasteiger partial charge in [0, 0.05) is 30.1 Å². The van der Waals surface area contributed by atoms with Crippen molar-refractivity contribution in [2.24, 2.45) is 0 Å². The number of hydrogen-bond donors (Lipinski definition) is 2. The summed E-state index contributed by atoms with van der Waals surface area (Å²) in [6, 6.07) is 2.31. The Morgan fingerprint density at radius 2 is 2.08 bits per heavy atom. The minimum Gasteiger partial charge on any atom is -0.467 e. The van der Waals surface area contributed by atoms with Gasteiger partial charge in [-0.05, 0) is 11.6 Å². The molecule has 0 radical (unpaired) electrons. The van der Waals surface area contributed by atoms with Crippen LogP contribution in [0.15, 0.2) is 24.4 Å². The van der Waals surface area contributed by atoms with Crippen LogP contribution in [0.3, 0.4) is 0 Å². The average Bonchev–Trinajstić information content (AvgIpc) is 2.94. The summed E-state index contributed by atoms with van der Waals surface area (Å²) < 4.78 is 41.6. The van der Waals surface area contributed by atoms with Gasteiger partial charge in [-0.2, -0.15) is 13.2 Å². The number of non-ortho nitro benzene ring substituents is 1. The van der Waals surface area contributed by atoms with E-state index in [1.54, 1.807) is 5.32 Å². The van der Waals surface area contributed by atoms with Crippen molar-refractivity contribution in [2.75, 3.05) is 7.11 Å². The van der Waals surface area contributed by atoms with Crippen LogP contribution in [-0.2, 0) is 20.7 Å². The van der Waals surface area contributed by atoms with E-state index in [0.29, 0.717) is 16.5 Å². The predicted molar refractivity (Wildman–Crippen MR) is 78.7 cm³/mol. The Balaban J connectivity index is 2.29. The van der Waals surface area contributed by atoms with E-state index in [9.17, 15) is 32.9 Å². The first kappa shape index (κ1) is 18.2. The number of nitrogens with one attached hydrogen (secondary N) is 2. The second-order valence-electron chi connectivity index (χ2n) is 5.05. The number of nitrogens with zero attached hydrogens (tertiary/aromatic N) is 1. The summed E-state index contributed by atoms with van der Waals surface area (Å²) in [5.74, 6) is -3.31. The molecule has 0 unspecified atom stereocenters. The normalized spacial score (nSPS) is 12.6. The summed E-state index contributed by atoms with van der Waals surface area (Å²) in [6.45, 7) is 0. The fraction of sp³-hybridized carbons (Fsp3) is 0.286.